The maximum absolute atomic E-state index is 12.1. The van der Waals surface area contributed by atoms with Crippen LogP contribution in [0, 0.1) is 0 Å². The van der Waals surface area contributed by atoms with E-state index >= 15 is 0 Å². The van der Waals surface area contributed by atoms with Crippen LogP contribution in [0.1, 0.15) is 52.4 Å². The van der Waals surface area contributed by atoms with E-state index in [0.717, 1.165) is 50.0 Å². The topological polar surface area (TPSA) is 56.7 Å². The van der Waals surface area contributed by atoms with Gasteiger partial charge in [0.25, 0.3) is 0 Å². The number of nitrogens with zero attached hydrogens (tertiary/aromatic N) is 2. The lowest BCUT2D eigenvalue weighted by molar-refractivity contribution is 0.247. The summed E-state index contributed by atoms with van der Waals surface area (Å²) in [6.45, 7) is 5.19. The van der Waals surface area contributed by atoms with Crippen LogP contribution in [0.25, 0.3) is 0 Å². The second-order valence-electron chi connectivity index (χ2n) is 7.00. The van der Waals surface area contributed by atoms with Crippen molar-refractivity contribution >= 4 is 40.7 Å². The van der Waals surface area contributed by atoms with Crippen molar-refractivity contribution in [2.45, 2.75) is 75.7 Å². The standard InChI is InChI=1S/C17H34N4OS.HI/c1-5-23(22)16-8-6-7-14(11-16)20-17(18-3)19-12-13(2)21(4)15-9-10-15;/h13-16H,5-12H2,1-4H3,(H2,18,19,20);1H. The van der Waals surface area contributed by atoms with Gasteiger partial charge in [-0.3, -0.25) is 14.1 Å². The van der Waals surface area contributed by atoms with Gasteiger partial charge in [-0.05, 0) is 46.1 Å². The van der Waals surface area contributed by atoms with Gasteiger partial charge >= 0.3 is 0 Å². The molecule has 0 aromatic heterocycles. The van der Waals surface area contributed by atoms with Crippen molar-refractivity contribution in [1.29, 1.82) is 0 Å². The summed E-state index contributed by atoms with van der Waals surface area (Å²) >= 11 is 0. The molecule has 0 heterocycles. The Morgan fingerprint density at radius 3 is 2.62 bits per heavy atom. The van der Waals surface area contributed by atoms with Crippen molar-refractivity contribution in [2.75, 3.05) is 26.4 Å². The highest BCUT2D eigenvalue weighted by Gasteiger charge is 2.29. The molecule has 2 saturated carbocycles. The summed E-state index contributed by atoms with van der Waals surface area (Å²) in [6, 6.07) is 1.68. The van der Waals surface area contributed by atoms with E-state index in [4.69, 9.17) is 0 Å². The second kappa shape index (κ2) is 11.0. The van der Waals surface area contributed by atoms with Crippen molar-refractivity contribution in [2.24, 2.45) is 4.99 Å². The Balaban J connectivity index is 0.00000288. The number of likely N-dealkylation sites (N-methyl/N-ethyl adjacent to an activating group) is 1. The van der Waals surface area contributed by atoms with Gasteiger partial charge in [0.05, 0.1) is 0 Å². The second-order valence-corrected chi connectivity index (χ2v) is 9.00. The SMILES string of the molecule is CCS(=O)C1CCCC(NC(=NC)NCC(C)N(C)C2CC2)C1.I. The Labute approximate surface area is 167 Å². The van der Waals surface area contributed by atoms with Gasteiger partial charge in [-0.25, -0.2) is 0 Å². The van der Waals surface area contributed by atoms with E-state index < -0.39 is 10.8 Å². The van der Waals surface area contributed by atoms with Crippen LogP contribution in [0.5, 0.6) is 0 Å². The molecule has 2 rings (SSSR count). The molecule has 0 amide bonds. The smallest absolute Gasteiger partial charge is 0.191 e. The number of guanidine groups is 1. The van der Waals surface area contributed by atoms with Gasteiger partial charge in [-0.15, -0.1) is 24.0 Å². The van der Waals surface area contributed by atoms with Crippen molar-refractivity contribution in [3.8, 4) is 0 Å². The molecule has 2 aliphatic rings. The number of nitrogens with one attached hydrogen (secondary N) is 2. The molecule has 0 spiro atoms. The van der Waals surface area contributed by atoms with E-state index in [2.05, 4.69) is 34.5 Å². The highest BCUT2D eigenvalue weighted by molar-refractivity contribution is 14.0. The maximum atomic E-state index is 12.1. The summed E-state index contributed by atoms with van der Waals surface area (Å²) in [5.41, 5.74) is 0. The minimum atomic E-state index is -0.673. The lowest BCUT2D eigenvalue weighted by Crippen LogP contribution is -2.49. The molecule has 5 nitrogen and oxygen atoms in total. The fraction of sp³-hybridized carbons (Fsp3) is 0.941. The zero-order chi connectivity index (χ0) is 16.8. The molecule has 2 N–H and O–H groups in total. The van der Waals surface area contributed by atoms with Gasteiger partial charge in [-0.2, -0.15) is 0 Å². The summed E-state index contributed by atoms with van der Waals surface area (Å²) in [4.78, 5) is 6.82. The van der Waals surface area contributed by atoms with Crippen LogP contribution in [0.3, 0.4) is 0 Å². The Kier molecular flexibility index (Phi) is 10.1. The first-order chi connectivity index (χ1) is 11.0. The van der Waals surface area contributed by atoms with Gasteiger partial charge in [0.2, 0.25) is 0 Å². The number of hydrogen-bond donors (Lipinski definition) is 2. The van der Waals surface area contributed by atoms with Crippen molar-refractivity contribution in [3.63, 3.8) is 0 Å². The summed E-state index contributed by atoms with van der Waals surface area (Å²) < 4.78 is 12.1. The van der Waals surface area contributed by atoms with Crippen LogP contribution in [0.15, 0.2) is 4.99 Å². The lowest BCUT2D eigenvalue weighted by atomic mass is 9.95. The normalized spacial score (nSPS) is 27.3. The van der Waals surface area contributed by atoms with Crippen LogP contribution in [0.2, 0.25) is 0 Å². The third kappa shape index (κ3) is 6.78. The minimum Gasteiger partial charge on any atom is -0.355 e. The molecule has 142 valence electrons. The molecule has 4 unspecified atom stereocenters. The van der Waals surface area contributed by atoms with Crippen LogP contribution in [-0.4, -0.2) is 64.8 Å². The predicted octanol–water partition coefficient (Wildman–Crippen LogP) is 2.33. The minimum absolute atomic E-state index is 0. The quantitative estimate of drug-likeness (QED) is 0.341. The molecule has 0 aromatic rings. The summed E-state index contributed by atoms with van der Waals surface area (Å²) in [5, 5.41) is 7.35. The van der Waals surface area contributed by atoms with Crippen molar-refractivity contribution in [1.82, 2.24) is 15.5 Å². The molecule has 0 aromatic carbocycles. The molecule has 7 heteroatoms. The monoisotopic (exact) mass is 470 g/mol. The summed E-state index contributed by atoms with van der Waals surface area (Å²) in [5.74, 6) is 1.66. The van der Waals surface area contributed by atoms with E-state index in [9.17, 15) is 4.21 Å². The third-order valence-corrected chi connectivity index (χ3v) is 6.97. The van der Waals surface area contributed by atoms with E-state index in [1.807, 2.05) is 14.0 Å². The fourth-order valence-electron chi connectivity index (χ4n) is 3.37. The Morgan fingerprint density at radius 2 is 2.04 bits per heavy atom. The Morgan fingerprint density at radius 1 is 1.33 bits per heavy atom. The molecule has 2 fully saturated rings. The molecule has 0 bridgehead atoms. The van der Waals surface area contributed by atoms with Crippen LogP contribution in [0.4, 0.5) is 0 Å². The molecule has 0 aliphatic heterocycles. The van der Waals surface area contributed by atoms with Crippen LogP contribution >= 0.6 is 24.0 Å². The van der Waals surface area contributed by atoms with E-state index in [0.29, 0.717) is 17.3 Å². The first kappa shape index (κ1) is 22.2. The average molecular weight is 470 g/mol. The van der Waals surface area contributed by atoms with Crippen molar-refractivity contribution < 1.29 is 4.21 Å². The van der Waals surface area contributed by atoms with Gasteiger partial charge in [-0.1, -0.05) is 13.3 Å². The first-order valence-electron chi connectivity index (χ1n) is 9.11. The zero-order valence-corrected chi connectivity index (χ0v) is 18.7. The maximum Gasteiger partial charge on any atom is 0.191 e. The number of aliphatic imine (C=N–C) groups is 1. The molecule has 24 heavy (non-hydrogen) atoms. The third-order valence-electron chi connectivity index (χ3n) is 5.23. The van der Waals surface area contributed by atoms with E-state index in [-0.39, 0.29) is 24.0 Å². The Bertz CT molecular complexity index is 431. The highest BCUT2D eigenvalue weighted by atomic mass is 127. The zero-order valence-electron chi connectivity index (χ0n) is 15.6. The predicted molar refractivity (Wildman–Crippen MR) is 115 cm³/mol. The average Bonchev–Trinajstić information content (AvgIpc) is 3.42. The van der Waals surface area contributed by atoms with Gasteiger partial charge < -0.3 is 10.6 Å². The van der Waals surface area contributed by atoms with Crippen LogP contribution < -0.4 is 10.6 Å². The molecule has 4 atom stereocenters. The number of rotatable bonds is 7. The fourth-order valence-corrected chi connectivity index (χ4v) is 4.72. The molecular weight excluding hydrogens is 435 g/mol. The highest BCUT2D eigenvalue weighted by Crippen LogP contribution is 2.26. The Hall–Kier alpha value is 0.110. The van der Waals surface area contributed by atoms with E-state index in [1.165, 1.54) is 12.8 Å². The number of halogens is 1. The van der Waals surface area contributed by atoms with Gasteiger partial charge in [0, 0.05) is 53.5 Å². The molecule has 2 aliphatic carbocycles. The van der Waals surface area contributed by atoms with Crippen molar-refractivity contribution in [3.05, 3.63) is 0 Å². The molecule has 0 radical (unpaired) electrons. The summed E-state index contributed by atoms with van der Waals surface area (Å²) in [6.07, 6.45) is 7.09. The number of hydrogen-bond acceptors (Lipinski definition) is 3. The molecular formula is C17H35IN4OS. The first-order valence-corrected chi connectivity index (χ1v) is 10.5. The van der Waals surface area contributed by atoms with Gasteiger partial charge in [0.15, 0.2) is 5.96 Å². The van der Waals surface area contributed by atoms with E-state index in [1.54, 1.807) is 0 Å². The lowest BCUT2D eigenvalue weighted by Gasteiger charge is -2.31. The van der Waals surface area contributed by atoms with Gasteiger partial charge in [0.1, 0.15) is 0 Å². The molecule has 0 saturated heterocycles. The largest absolute Gasteiger partial charge is 0.355 e. The van der Waals surface area contributed by atoms with Crippen LogP contribution in [-0.2, 0) is 10.8 Å². The summed E-state index contributed by atoms with van der Waals surface area (Å²) in [7, 11) is 3.37.